The van der Waals surface area contributed by atoms with E-state index in [0.29, 0.717) is 6.61 Å². The van der Waals surface area contributed by atoms with Crippen molar-refractivity contribution in [1.29, 1.82) is 0 Å². The van der Waals surface area contributed by atoms with Crippen molar-refractivity contribution >= 4 is 5.71 Å². The van der Waals surface area contributed by atoms with Crippen molar-refractivity contribution in [3.05, 3.63) is 53.8 Å². The summed E-state index contributed by atoms with van der Waals surface area (Å²) in [6.45, 7) is 1.64. The molecule has 1 aliphatic heterocycles. The molecule has 144 valence electrons. The summed E-state index contributed by atoms with van der Waals surface area (Å²) in [7, 11) is 5.84. The number of ether oxygens (including phenoxy) is 2. The van der Waals surface area contributed by atoms with E-state index < -0.39 is 0 Å². The normalized spacial score (nSPS) is 29.6. The first kappa shape index (κ1) is 18.1. The smallest absolute Gasteiger partial charge is 0.143 e. The third-order valence-corrected chi connectivity index (χ3v) is 5.61. The molecule has 3 atom stereocenters. The average molecular weight is 368 g/mol. The van der Waals surface area contributed by atoms with Crippen LogP contribution in [0.15, 0.2) is 53.4 Å². The molecule has 27 heavy (non-hydrogen) atoms. The van der Waals surface area contributed by atoms with Gasteiger partial charge >= 0.3 is 0 Å². The number of fused-ring (bicyclic) bond motifs is 2. The summed E-state index contributed by atoms with van der Waals surface area (Å²) in [5, 5.41) is 4.61. The van der Waals surface area contributed by atoms with Gasteiger partial charge in [-0.1, -0.05) is 29.4 Å². The predicted molar refractivity (Wildman–Crippen MR) is 106 cm³/mol. The molecule has 1 saturated carbocycles. The van der Waals surface area contributed by atoms with Gasteiger partial charge in [0.2, 0.25) is 0 Å². The SMILES string of the molecule is COc1cccc(C23CC2C(=NOCCCN(C)C)C2CC=CC=C2O3)c1. The minimum Gasteiger partial charge on any atom is -0.497 e. The monoisotopic (exact) mass is 368 g/mol. The van der Waals surface area contributed by atoms with Gasteiger partial charge in [0, 0.05) is 18.9 Å². The number of rotatable bonds is 7. The lowest BCUT2D eigenvalue weighted by Gasteiger charge is -2.34. The third-order valence-electron chi connectivity index (χ3n) is 5.61. The molecule has 0 spiro atoms. The molecule has 2 aliphatic carbocycles. The Kier molecular flexibility index (Phi) is 4.96. The fourth-order valence-corrected chi connectivity index (χ4v) is 4.09. The zero-order valence-electron chi connectivity index (χ0n) is 16.4. The van der Waals surface area contributed by atoms with Crippen LogP contribution in [0.1, 0.15) is 24.8 Å². The van der Waals surface area contributed by atoms with Crippen LogP contribution in [-0.4, -0.2) is 45.0 Å². The fourth-order valence-electron chi connectivity index (χ4n) is 4.09. The van der Waals surface area contributed by atoms with E-state index in [4.69, 9.17) is 14.3 Å². The van der Waals surface area contributed by atoms with Crippen LogP contribution in [0, 0.1) is 11.8 Å². The Bertz CT molecular complexity index is 784. The van der Waals surface area contributed by atoms with Crippen molar-refractivity contribution in [2.45, 2.75) is 24.9 Å². The van der Waals surface area contributed by atoms with Crippen molar-refractivity contribution in [2.24, 2.45) is 17.0 Å². The van der Waals surface area contributed by atoms with Gasteiger partial charge in [0.05, 0.1) is 18.7 Å². The molecule has 4 rings (SSSR count). The molecule has 1 heterocycles. The summed E-state index contributed by atoms with van der Waals surface area (Å²) in [4.78, 5) is 7.88. The number of oxime groups is 1. The summed E-state index contributed by atoms with van der Waals surface area (Å²) in [5.41, 5.74) is 1.96. The summed E-state index contributed by atoms with van der Waals surface area (Å²) >= 11 is 0. The van der Waals surface area contributed by atoms with Crippen LogP contribution in [0.4, 0.5) is 0 Å². The van der Waals surface area contributed by atoms with Crippen molar-refractivity contribution in [1.82, 2.24) is 4.90 Å². The molecule has 1 aromatic carbocycles. The van der Waals surface area contributed by atoms with E-state index in [2.05, 4.69) is 54.5 Å². The third kappa shape index (κ3) is 3.48. The van der Waals surface area contributed by atoms with Gasteiger partial charge < -0.3 is 19.2 Å². The van der Waals surface area contributed by atoms with E-state index in [9.17, 15) is 0 Å². The predicted octanol–water partition coefficient (Wildman–Crippen LogP) is 3.72. The van der Waals surface area contributed by atoms with Crippen LogP contribution in [0.5, 0.6) is 5.75 Å². The number of allylic oxidation sites excluding steroid dienone is 4. The van der Waals surface area contributed by atoms with Crippen LogP contribution < -0.4 is 4.74 Å². The molecule has 0 bridgehead atoms. The van der Waals surface area contributed by atoms with E-state index in [-0.39, 0.29) is 17.4 Å². The topological polar surface area (TPSA) is 43.3 Å². The summed E-state index contributed by atoms with van der Waals surface area (Å²) in [5.74, 6) is 2.33. The molecule has 0 amide bonds. The van der Waals surface area contributed by atoms with Gasteiger partial charge in [-0.15, -0.1) is 0 Å². The standard InChI is InChI=1S/C22H28N2O3/c1-24(2)12-7-13-26-23-21-18-10-4-5-11-20(18)27-22(15-19(21)22)16-8-6-9-17(14-16)25-3/h4-6,8-9,11,14,18-19H,7,10,12-13,15H2,1-3H3. The van der Waals surface area contributed by atoms with Gasteiger partial charge in [-0.3, -0.25) is 0 Å². The van der Waals surface area contributed by atoms with E-state index in [0.717, 1.165) is 48.6 Å². The number of nitrogens with zero attached hydrogens (tertiary/aromatic N) is 2. The van der Waals surface area contributed by atoms with E-state index in [1.165, 1.54) is 0 Å². The lowest BCUT2D eigenvalue weighted by Crippen LogP contribution is -2.34. The minimum absolute atomic E-state index is 0.204. The van der Waals surface area contributed by atoms with E-state index in [1.807, 2.05) is 12.1 Å². The number of hydrogen-bond donors (Lipinski definition) is 0. The fraction of sp³-hybridized carbons (Fsp3) is 0.500. The largest absolute Gasteiger partial charge is 0.497 e. The summed E-state index contributed by atoms with van der Waals surface area (Å²) in [6.07, 6.45) is 9.17. The van der Waals surface area contributed by atoms with Gasteiger partial charge in [0.15, 0.2) is 0 Å². The molecular formula is C22H28N2O3. The van der Waals surface area contributed by atoms with Gasteiger partial charge in [0.25, 0.3) is 0 Å². The molecular weight excluding hydrogens is 340 g/mol. The highest BCUT2D eigenvalue weighted by Gasteiger charge is 2.65. The first-order valence-electron chi connectivity index (χ1n) is 9.69. The van der Waals surface area contributed by atoms with Gasteiger partial charge in [0.1, 0.15) is 23.7 Å². The van der Waals surface area contributed by atoms with Crippen molar-refractivity contribution in [3.8, 4) is 5.75 Å². The molecule has 0 radical (unpaired) electrons. The second-order valence-electron chi connectivity index (χ2n) is 7.77. The highest BCUT2D eigenvalue weighted by Crippen LogP contribution is 2.62. The minimum atomic E-state index is -0.326. The maximum atomic E-state index is 6.54. The zero-order valence-corrected chi connectivity index (χ0v) is 16.4. The Morgan fingerprint density at radius 3 is 3.04 bits per heavy atom. The van der Waals surface area contributed by atoms with E-state index in [1.54, 1.807) is 7.11 Å². The van der Waals surface area contributed by atoms with Gasteiger partial charge in [-0.25, -0.2) is 0 Å². The molecule has 2 fully saturated rings. The number of methoxy groups -OCH3 is 1. The molecule has 0 N–H and O–H groups in total. The highest BCUT2D eigenvalue weighted by molar-refractivity contribution is 5.96. The first-order chi connectivity index (χ1) is 13.1. The maximum absolute atomic E-state index is 6.54. The van der Waals surface area contributed by atoms with Gasteiger partial charge in [-0.2, -0.15) is 0 Å². The van der Waals surface area contributed by atoms with Crippen molar-refractivity contribution in [3.63, 3.8) is 0 Å². The molecule has 0 aromatic heterocycles. The number of hydrogen-bond acceptors (Lipinski definition) is 5. The molecule has 1 aromatic rings. The highest BCUT2D eigenvalue weighted by atomic mass is 16.6. The first-order valence-corrected chi connectivity index (χ1v) is 9.69. The Labute approximate surface area is 161 Å². The summed E-state index contributed by atoms with van der Waals surface area (Å²) < 4.78 is 12.0. The average Bonchev–Trinajstić information content (AvgIpc) is 3.42. The molecule has 3 unspecified atom stereocenters. The Morgan fingerprint density at radius 2 is 2.22 bits per heavy atom. The van der Waals surface area contributed by atoms with Crippen LogP contribution in [-0.2, 0) is 15.2 Å². The van der Waals surface area contributed by atoms with Crippen molar-refractivity contribution < 1.29 is 14.3 Å². The van der Waals surface area contributed by atoms with Crippen molar-refractivity contribution in [2.75, 3.05) is 34.4 Å². The Morgan fingerprint density at radius 1 is 1.33 bits per heavy atom. The van der Waals surface area contributed by atoms with Crippen LogP contribution in [0.2, 0.25) is 0 Å². The zero-order chi connectivity index (χ0) is 18.9. The lowest BCUT2D eigenvalue weighted by molar-refractivity contribution is 0.0543. The van der Waals surface area contributed by atoms with Crippen LogP contribution in [0.3, 0.4) is 0 Å². The molecule has 5 heteroatoms. The van der Waals surface area contributed by atoms with Crippen LogP contribution >= 0.6 is 0 Å². The second-order valence-corrected chi connectivity index (χ2v) is 7.77. The van der Waals surface area contributed by atoms with E-state index >= 15 is 0 Å². The Hall–Kier alpha value is -2.27. The Balaban J connectivity index is 1.56. The number of benzene rings is 1. The molecule has 3 aliphatic rings. The van der Waals surface area contributed by atoms with Crippen LogP contribution in [0.25, 0.3) is 0 Å². The molecule has 1 saturated heterocycles. The summed E-state index contributed by atoms with van der Waals surface area (Å²) in [6, 6.07) is 8.19. The lowest BCUT2D eigenvalue weighted by atomic mass is 9.86. The molecule has 5 nitrogen and oxygen atoms in total. The quantitative estimate of drug-likeness (QED) is 0.543. The maximum Gasteiger partial charge on any atom is 0.143 e. The van der Waals surface area contributed by atoms with Gasteiger partial charge in [-0.05, 0) is 50.7 Å². The second kappa shape index (κ2) is 7.39.